The Balaban J connectivity index is 1.94. The summed E-state index contributed by atoms with van der Waals surface area (Å²) in [6.45, 7) is -1.16. The van der Waals surface area contributed by atoms with Crippen LogP contribution in [0.15, 0.2) is 59.6 Å². The van der Waals surface area contributed by atoms with Gasteiger partial charge in [-0.3, -0.25) is 0 Å². The van der Waals surface area contributed by atoms with Crippen molar-refractivity contribution >= 4 is 34.2 Å². The average molecular weight is 481 g/mol. The second-order valence-electron chi connectivity index (χ2n) is 7.24. The summed E-state index contributed by atoms with van der Waals surface area (Å²) in [6.07, 6.45) is -10.4. The molecule has 10 heteroatoms. The summed E-state index contributed by atoms with van der Waals surface area (Å²) in [5.74, 6) is -3.85. The minimum Gasteiger partial charge on any atom is -0.350 e. The summed E-state index contributed by atoms with van der Waals surface area (Å²) < 4.78 is 80.5. The average Bonchev–Trinajstić information content (AvgIpc) is 2.71. The highest BCUT2D eigenvalue weighted by atomic mass is 35.5. The summed E-state index contributed by atoms with van der Waals surface area (Å²) >= 11 is 7.22. The van der Waals surface area contributed by atoms with Crippen LogP contribution in [0, 0.1) is 11.8 Å². The summed E-state index contributed by atoms with van der Waals surface area (Å²) in [5.41, 5.74) is 1.16. The fourth-order valence-corrected chi connectivity index (χ4v) is 4.45. The van der Waals surface area contributed by atoms with Crippen molar-refractivity contribution in [1.29, 1.82) is 0 Å². The molecule has 1 aliphatic heterocycles. The minimum absolute atomic E-state index is 0.0835. The second-order valence-corrected chi connectivity index (χ2v) is 8.59. The molecule has 2 aromatic rings. The first-order valence-corrected chi connectivity index (χ1v) is 10.8. The summed E-state index contributed by atoms with van der Waals surface area (Å²) in [7, 11) is 0. The monoisotopic (exact) mass is 480 g/mol. The van der Waals surface area contributed by atoms with E-state index in [9.17, 15) is 26.3 Å². The maximum Gasteiger partial charge on any atom is 0.393 e. The van der Waals surface area contributed by atoms with Crippen LogP contribution < -0.4 is 0 Å². The normalized spacial score (nSPS) is 20.7. The van der Waals surface area contributed by atoms with Crippen LogP contribution >= 0.6 is 23.4 Å². The molecule has 2 aromatic carbocycles. The Bertz CT molecular complexity index is 879. The number of alkyl halides is 6. The Morgan fingerprint density at radius 3 is 2.00 bits per heavy atom. The lowest BCUT2D eigenvalue weighted by atomic mass is 9.88. The van der Waals surface area contributed by atoms with E-state index in [4.69, 9.17) is 11.6 Å². The summed E-state index contributed by atoms with van der Waals surface area (Å²) in [4.78, 5) is 5.46. The van der Waals surface area contributed by atoms with Crippen LogP contribution in [0.1, 0.15) is 12.0 Å². The van der Waals surface area contributed by atoms with Gasteiger partial charge in [-0.15, -0.1) is 0 Å². The van der Waals surface area contributed by atoms with Gasteiger partial charge in [0.2, 0.25) is 0 Å². The van der Waals surface area contributed by atoms with Crippen LogP contribution in [0.25, 0.3) is 0 Å². The molecule has 0 N–H and O–H groups in total. The number of amidine groups is 1. The number of para-hydroxylation sites is 1. The molecule has 0 amide bonds. The highest BCUT2D eigenvalue weighted by Crippen LogP contribution is 2.42. The van der Waals surface area contributed by atoms with Crippen LogP contribution in [0.3, 0.4) is 0 Å². The van der Waals surface area contributed by atoms with Gasteiger partial charge in [-0.05, 0) is 24.1 Å². The van der Waals surface area contributed by atoms with E-state index in [1.54, 1.807) is 36.4 Å². The zero-order chi connectivity index (χ0) is 22.6. The van der Waals surface area contributed by atoms with Gasteiger partial charge in [0.25, 0.3) is 0 Å². The van der Waals surface area contributed by atoms with E-state index < -0.39 is 43.7 Å². The number of hydrogen-bond donors (Lipinski definition) is 0. The van der Waals surface area contributed by atoms with E-state index in [0.29, 0.717) is 5.75 Å². The van der Waals surface area contributed by atoms with Gasteiger partial charge in [0.15, 0.2) is 5.17 Å². The van der Waals surface area contributed by atoms with E-state index in [0.717, 1.165) is 22.2 Å². The number of aliphatic imine (C=N–C) groups is 1. The molecular formula is C21H19ClF6N2S. The summed E-state index contributed by atoms with van der Waals surface area (Å²) in [5, 5.41) is 0.345. The lowest BCUT2D eigenvalue weighted by Crippen LogP contribution is -2.51. The number of halogens is 7. The number of piperidine rings is 1. The third-order valence-electron chi connectivity index (χ3n) is 4.93. The molecule has 2 nitrogen and oxygen atoms in total. The van der Waals surface area contributed by atoms with E-state index in [2.05, 4.69) is 4.99 Å². The predicted molar refractivity (Wildman–Crippen MR) is 112 cm³/mol. The Morgan fingerprint density at radius 1 is 0.903 bits per heavy atom. The zero-order valence-corrected chi connectivity index (χ0v) is 17.7. The van der Waals surface area contributed by atoms with Gasteiger partial charge in [-0.2, -0.15) is 26.3 Å². The van der Waals surface area contributed by atoms with Gasteiger partial charge in [-0.25, -0.2) is 4.99 Å². The van der Waals surface area contributed by atoms with Gasteiger partial charge in [0, 0.05) is 18.8 Å². The molecule has 3 rings (SSSR count). The van der Waals surface area contributed by atoms with Gasteiger partial charge in [-0.1, -0.05) is 65.8 Å². The fraction of sp³-hybridized carbons (Fsp3) is 0.381. The quantitative estimate of drug-likeness (QED) is 0.260. The third kappa shape index (κ3) is 6.55. The molecule has 0 spiro atoms. The molecule has 168 valence electrons. The highest BCUT2D eigenvalue weighted by molar-refractivity contribution is 8.13. The van der Waals surface area contributed by atoms with Crippen molar-refractivity contribution in [2.24, 2.45) is 16.8 Å². The third-order valence-corrected chi connectivity index (χ3v) is 6.33. The molecule has 0 aliphatic carbocycles. The number of hydrogen-bond acceptors (Lipinski definition) is 2. The maximum absolute atomic E-state index is 13.4. The van der Waals surface area contributed by atoms with Gasteiger partial charge in [0.05, 0.1) is 22.5 Å². The second kappa shape index (κ2) is 9.73. The molecule has 1 aliphatic rings. The van der Waals surface area contributed by atoms with Gasteiger partial charge in [0.1, 0.15) is 0 Å². The molecule has 0 aromatic heterocycles. The number of likely N-dealkylation sites (tertiary alicyclic amines) is 1. The van der Waals surface area contributed by atoms with Crippen molar-refractivity contribution in [3.8, 4) is 0 Å². The molecule has 0 bridgehead atoms. The van der Waals surface area contributed by atoms with Crippen molar-refractivity contribution in [3.63, 3.8) is 0 Å². The Hall–Kier alpha value is -1.87. The van der Waals surface area contributed by atoms with E-state index in [1.807, 2.05) is 18.2 Å². The van der Waals surface area contributed by atoms with Crippen molar-refractivity contribution in [1.82, 2.24) is 4.90 Å². The lowest BCUT2D eigenvalue weighted by Gasteiger charge is -2.40. The van der Waals surface area contributed by atoms with Crippen LogP contribution in [0.2, 0.25) is 5.02 Å². The molecule has 2 unspecified atom stereocenters. The largest absolute Gasteiger partial charge is 0.393 e. The number of benzene rings is 2. The first kappa shape index (κ1) is 23.8. The predicted octanol–water partition coefficient (Wildman–Crippen LogP) is 7.32. The fourth-order valence-electron chi connectivity index (χ4n) is 3.29. The minimum atomic E-state index is -4.73. The van der Waals surface area contributed by atoms with Crippen molar-refractivity contribution in [3.05, 3.63) is 65.2 Å². The molecule has 1 heterocycles. The van der Waals surface area contributed by atoms with Crippen molar-refractivity contribution in [2.45, 2.75) is 24.5 Å². The molecule has 1 saturated heterocycles. The van der Waals surface area contributed by atoms with Gasteiger partial charge < -0.3 is 4.90 Å². The van der Waals surface area contributed by atoms with Crippen LogP contribution in [0.4, 0.5) is 32.0 Å². The first-order chi connectivity index (χ1) is 14.5. The molecule has 1 fully saturated rings. The maximum atomic E-state index is 13.4. The Morgan fingerprint density at radius 2 is 1.45 bits per heavy atom. The van der Waals surface area contributed by atoms with E-state index in [-0.39, 0.29) is 15.9 Å². The molecule has 2 atom stereocenters. The molecular weight excluding hydrogens is 462 g/mol. The van der Waals surface area contributed by atoms with E-state index in [1.165, 1.54) is 0 Å². The summed E-state index contributed by atoms with van der Waals surface area (Å²) in [6, 6.07) is 15.5. The standard InChI is InChI=1S/C21H19ClF6N2S/c22-17-8-4-5-9-18(17)29-19(31-13-14-6-2-1-3-7-14)30-11-15(20(23,24)25)10-16(12-30)21(26,27)28/h1-9,15-16H,10-13H2. The molecule has 31 heavy (non-hydrogen) atoms. The zero-order valence-electron chi connectivity index (χ0n) is 16.1. The van der Waals surface area contributed by atoms with Crippen molar-refractivity contribution in [2.75, 3.05) is 13.1 Å². The van der Waals surface area contributed by atoms with Crippen molar-refractivity contribution < 1.29 is 26.3 Å². The first-order valence-electron chi connectivity index (χ1n) is 9.42. The van der Waals surface area contributed by atoms with Gasteiger partial charge >= 0.3 is 12.4 Å². The molecule has 0 radical (unpaired) electrons. The molecule has 0 saturated carbocycles. The van der Waals surface area contributed by atoms with E-state index >= 15 is 0 Å². The number of rotatable bonds is 3. The Labute approximate surface area is 185 Å². The smallest absolute Gasteiger partial charge is 0.350 e. The Kier molecular flexibility index (Phi) is 7.47. The number of nitrogens with zero attached hydrogens (tertiary/aromatic N) is 2. The van der Waals surface area contributed by atoms with Crippen LogP contribution in [-0.2, 0) is 5.75 Å². The van der Waals surface area contributed by atoms with Crippen LogP contribution in [0.5, 0.6) is 0 Å². The topological polar surface area (TPSA) is 15.6 Å². The highest BCUT2D eigenvalue weighted by Gasteiger charge is 2.52. The lowest BCUT2D eigenvalue weighted by molar-refractivity contribution is -0.225. The number of thioether (sulfide) groups is 1. The van der Waals surface area contributed by atoms with Crippen LogP contribution in [-0.4, -0.2) is 35.5 Å². The SMILES string of the molecule is FC(F)(F)C1CC(C(F)(F)F)CN(C(=Nc2ccccc2Cl)SCc2ccccc2)C1.